The molecule has 0 saturated carbocycles. The van der Waals surface area contributed by atoms with Gasteiger partial charge in [-0.3, -0.25) is 14.4 Å². The molecule has 0 aliphatic carbocycles. The minimum Gasteiger partial charge on any atom is -0.353 e. The lowest BCUT2D eigenvalue weighted by molar-refractivity contribution is -0.129. The molecular formula is C28H37F3N4O3. The monoisotopic (exact) mass is 534 g/mol. The van der Waals surface area contributed by atoms with E-state index >= 15 is 0 Å². The molecule has 2 rings (SSSR count). The van der Waals surface area contributed by atoms with Gasteiger partial charge in [0.15, 0.2) is 0 Å². The number of benzene rings is 2. The first-order valence-corrected chi connectivity index (χ1v) is 12.7. The minimum atomic E-state index is -4.36. The standard InChI is InChI=1S/C28H37F3N4O3/c1-20(36)33-24(17-22-9-5-3-6-10-22)13-14-25(18-23-11-7-4-8-12-23)35-27(38)26(34-21(2)37)15-16-32-19-28(29,30)31/h3-12,24-26,32H,13-19H2,1-2H3,(H,33,36)(H,34,37)(H,35,38). The molecular weight excluding hydrogens is 497 g/mol. The second-order valence-corrected chi connectivity index (χ2v) is 9.39. The van der Waals surface area contributed by atoms with Crippen LogP contribution in [0.25, 0.3) is 0 Å². The van der Waals surface area contributed by atoms with Crippen LogP contribution < -0.4 is 21.3 Å². The molecule has 0 heterocycles. The number of hydrogen-bond acceptors (Lipinski definition) is 4. The smallest absolute Gasteiger partial charge is 0.353 e. The Balaban J connectivity index is 2.10. The van der Waals surface area contributed by atoms with Gasteiger partial charge in [-0.25, -0.2) is 0 Å². The molecule has 0 spiro atoms. The molecule has 0 aromatic heterocycles. The Bertz CT molecular complexity index is 1000. The van der Waals surface area contributed by atoms with Crippen molar-refractivity contribution in [3.05, 3.63) is 71.8 Å². The Labute approximate surface area is 222 Å². The SMILES string of the molecule is CC(=O)NC(CCC(Cc1ccccc1)NC(=O)C(CCNCC(F)(F)F)NC(C)=O)Cc1ccccc1. The number of carbonyl (C=O) groups is 3. The number of hydrogen-bond donors (Lipinski definition) is 4. The van der Waals surface area contributed by atoms with E-state index in [9.17, 15) is 27.6 Å². The van der Waals surface area contributed by atoms with Crippen molar-refractivity contribution in [2.75, 3.05) is 13.1 Å². The van der Waals surface area contributed by atoms with Gasteiger partial charge in [0.25, 0.3) is 0 Å². The number of carbonyl (C=O) groups excluding carboxylic acids is 3. The van der Waals surface area contributed by atoms with E-state index in [1.165, 1.54) is 13.8 Å². The Morgan fingerprint density at radius 2 is 1.18 bits per heavy atom. The van der Waals surface area contributed by atoms with Crippen LogP contribution in [0.15, 0.2) is 60.7 Å². The van der Waals surface area contributed by atoms with E-state index in [-0.39, 0.29) is 31.0 Å². The van der Waals surface area contributed by atoms with Gasteiger partial charge in [-0.15, -0.1) is 0 Å². The maximum atomic E-state index is 13.1. The third-order valence-corrected chi connectivity index (χ3v) is 5.90. The van der Waals surface area contributed by atoms with E-state index in [1.807, 2.05) is 60.7 Å². The highest BCUT2D eigenvalue weighted by Crippen LogP contribution is 2.14. The van der Waals surface area contributed by atoms with Gasteiger partial charge < -0.3 is 21.3 Å². The van der Waals surface area contributed by atoms with Crippen LogP contribution in [0.5, 0.6) is 0 Å². The van der Waals surface area contributed by atoms with Crippen molar-refractivity contribution >= 4 is 17.7 Å². The van der Waals surface area contributed by atoms with Gasteiger partial charge in [0.2, 0.25) is 17.7 Å². The maximum Gasteiger partial charge on any atom is 0.401 e. The van der Waals surface area contributed by atoms with Gasteiger partial charge in [0, 0.05) is 25.9 Å². The summed E-state index contributed by atoms with van der Waals surface area (Å²) in [7, 11) is 0. The third kappa shape index (κ3) is 13.2. The summed E-state index contributed by atoms with van der Waals surface area (Å²) in [4.78, 5) is 36.7. The number of rotatable bonds is 15. The zero-order valence-corrected chi connectivity index (χ0v) is 21.8. The van der Waals surface area contributed by atoms with Gasteiger partial charge in [-0.2, -0.15) is 13.2 Å². The van der Waals surface area contributed by atoms with Gasteiger partial charge in [-0.05, 0) is 49.8 Å². The minimum absolute atomic E-state index is 0.00206. The van der Waals surface area contributed by atoms with Crippen LogP contribution in [0.1, 0.15) is 44.2 Å². The van der Waals surface area contributed by atoms with Crippen molar-refractivity contribution in [3.63, 3.8) is 0 Å². The Hall–Kier alpha value is -3.40. The molecule has 0 saturated heterocycles. The number of halogens is 3. The van der Waals surface area contributed by atoms with Crippen LogP contribution in [0.3, 0.4) is 0 Å². The van der Waals surface area contributed by atoms with Crippen LogP contribution in [-0.2, 0) is 27.2 Å². The molecule has 3 unspecified atom stereocenters. The zero-order chi connectivity index (χ0) is 28.0. The normalized spacial score (nSPS) is 13.7. The van der Waals surface area contributed by atoms with Crippen molar-refractivity contribution in [1.29, 1.82) is 0 Å². The summed E-state index contributed by atoms with van der Waals surface area (Å²) in [5.74, 6) is -1.06. The second-order valence-electron chi connectivity index (χ2n) is 9.39. The van der Waals surface area contributed by atoms with Crippen molar-refractivity contribution in [2.24, 2.45) is 0 Å². The van der Waals surface area contributed by atoms with E-state index in [2.05, 4.69) is 21.3 Å². The fraction of sp³-hybridized carbons (Fsp3) is 0.464. The highest BCUT2D eigenvalue weighted by molar-refractivity contribution is 5.87. The molecule has 208 valence electrons. The summed E-state index contributed by atoms with van der Waals surface area (Å²) in [6, 6.07) is 17.9. The molecule has 38 heavy (non-hydrogen) atoms. The predicted molar refractivity (Wildman–Crippen MR) is 140 cm³/mol. The maximum absolute atomic E-state index is 13.1. The molecule has 7 nitrogen and oxygen atoms in total. The van der Waals surface area contributed by atoms with E-state index in [4.69, 9.17) is 0 Å². The predicted octanol–water partition coefficient (Wildman–Crippen LogP) is 3.29. The largest absolute Gasteiger partial charge is 0.401 e. The number of amides is 3. The molecule has 2 aromatic rings. The van der Waals surface area contributed by atoms with Gasteiger partial charge >= 0.3 is 6.18 Å². The van der Waals surface area contributed by atoms with Gasteiger partial charge in [-0.1, -0.05) is 60.7 Å². The first-order chi connectivity index (χ1) is 18.0. The average molecular weight is 535 g/mol. The highest BCUT2D eigenvalue weighted by Gasteiger charge is 2.27. The molecule has 4 N–H and O–H groups in total. The summed E-state index contributed by atoms with van der Waals surface area (Å²) >= 11 is 0. The van der Waals surface area contributed by atoms with Crippen molar-refractivity contribution in [3.8, 4) is 0 Å². The zero-order valence-electron chi connectivity index (χ0n) is 21.8. The number of nitrogens with one attached hydrogen (secondary N) is 4. The third-order valence-electron chi connectivity index (χ3n) is 5.90. The van der Waals surface area contributed by atoms with Crippen molar-refractivity contribution < 1.29 is 27.6 Å². The second kappa shape index (κ2) is 15.8. The molecule has 0 bridgehead atoms. The topological polar surface area (TPSA) is 99.3 Å². The van der Waals surface area contributed by atoms with Crippen molar-refractivity contribution in [1.82, 2.24) is 21.3 Å². The van der Waals surface area contributed by atoms with Crippen LogP contribution in [0, 0.1) is 0 Å². The first-order valence-electron chi connectivity index (χ1n) is 12.7. The van der Waals surface area contributed by atoms with Gasteiger partial charge in [0.1, 0.15) is 6.04 Å². The van der Waals surface area contributed by atoms with Gasteiger partial charge in [0.05, 0.1) is 6.54 Å². The average Bonchev–Trinajstić information content (AvgIpc) is 2.84. The fourth-order valence-electron chi connectivity index (χ4n) is 4.23. The summed E-state index contributed by atoms with van der Waals surface area (Å²) < 4.78 is 37.4. The summed E-state index contributed by atoms with van der Waals surface area (Å²) in [5, 5.41) is 10.8. The molecule has 3 amide bonds. The van der Waals surface area contributed by atoms with E-state index in [0.29, 0.717) is 25.7 Å². The lowest BCUT2D eigenvalue weighted by Crippen LogP contribution is -2.51. The highest BCUT2D eigenvalue weighted by atomic mass is 19.4. The fourth-order valence-corrected chi connectivity index (χ4v) is 4.23. The molecule has 0 aliphatic heterocycles. The van der Waals surface area contributed by atoms with E-state index in [1.54, 1.807) is 0 Å². The van der Waals surface area contributed by atoms with Crippen molar-refractivity contribution in [2.45, 2.75) is 70.3 Å². The molecule has 10 heteroatoms. The lowest BCUT2D eigenvalue weighted by atomic mass is 9.95. The quantitative estimate of drug-likeness (QED) is 0.264. The Kier molecular flexibility index (Phi) is 12.8. The van der Waals surface area contributed by atoms with Crippen LogP contribution >= 0.6 is 0 Å². The molecule has 0 fully saturated rings. The molecule has 0 radical (unpaired) electrons. The van der Waals surface area contributed by atoms with Crippen LogP contribution in [0.4, 0.5) is 13.2 Å². The van der Waals surface area contributed by atoms with Crippen LogP contribution in [0.2, 0.25) is 0 Å². The Morgan fingerprint density at radius 1 is 0.711 bits per heavy atom. The first kappa shape index (κ1) is 30.8. The lowest BCUT2D eigenvalue weighted by Gasteiger charge is -2.26. The summed E-state index contributed by atoms with van der Waals surface area (Å²) in [6.07, 6.45) is -2.09. The summed E-state index contributed by atoms with van der Waals surface area (Å²) in [6.45, 7) is 1.45. The number of alkyl halides is 3. The molecule has 0 aliphatic rings. The van der Waals surface area contributed by atoms with Crippen LogP contribution in [-0.4, -0.2) is 55.1 Å². The summed E-state index contributed by atoms with van der Waals surface area (Å²) in [5.41, 5.74) is 2.08. The van der Waals surface area contributed by atoms with E-state index < -0.39 is 30.6 Å². The molecule has 2 aromatic carbocycles. The van der Waals surface area contributed by atoms with E-state index in [0.717, 1.165) is 11.1 Å². The molecule has 3 atom stereocenters. The Morgan fingerprint density at radius 3 is 1.63 bits per heavy atom.